The number of pyridine rings is 1. The highest BCUT2D eigenvalue weighted by molar-refractivity contribution is 8.14. The number of nitrogens with zero attached hydrogens (tertiary/aromatic N) is 6. The summed E-state index contributed by atoms with van der Waals surface area (Å²) in [5.41, 5.74) is 0.162. The second-order valence-corrected chi connectivity index (χ2v) is 31.9. The molecule has 108 heavy (non-hydrogen) atoms. The first-order chi connectivity index (χ1) is 50.9. The van der Waals surface area contributed by atoms with Crippen molar-refractivity contribution in [2.24, 2.45) is 16.6 Å². The Hall–Kier alpha value is -9.04. The van der Waals surface area contributed by atoms with E-state index in [0.29, 0.717) is 5.01 Å². The molecule has 1 fully saturated rings. The van der Waals surface area contributed by atoms with Gasteiger partial charge in [-0.1, -0.05) is 57.5 Å². The van der Waals surface area contributed by atoms with Gasteiger partial charge in [0, 0.05) is 32.8 Å². The molecule has 1 saturated heterocycles. The Morgan fingerprint density at radius 2 is 1.48 bits per heavy atom. The predicted molar refractivity (Wildman–Crippen MR) is 403 cm³/mol. The van der Waals surface area contributed by atoms with Crippen molar-refractivity contribution >= 4 is 145 Å². The number of primary amides is 1. The van der Waals surface area contributed by atoms with Crippen LogP contribution in [0, 0.1) is 5.92 Å². The van der Waals surface area contributed by atoms with E-state index in [1.165, 1.54) is 76.7 Å². The van der Waals surface area contributed by atoms with Gasteiger partial charge in [0.1, 0.15) is 112 Å². The summed E-state index contributed by atoms with van der Waals surface area (Å²) in [6, 6.07) is -11.5. The van der Waals surface area contributed by atoms with Crippen LogP contribution in [0.2, 0.25) is 0 Å². The molecule has 40 heteroatoms. The fourth-order valence-corrected chi connectivity index (χ4v) is 17.4. The predicted octanol–water partition coefficient (Wildman–Crippen LogP) is 1.13. The molecular formula is C68H82N18O16S6. The Morgan fingerprint density at radius 3 is 2.16 bits per heavy atom. The summed E-state index contributed by atoms with van der Waals surface area (Å²) in [6.45, 7) is 21.8. The Bertz CT molecular complexity index is 4540. The molecule has 4 aliphatic heterocycles. The second-order valence-electron chi connectivity index (χ2n) is 27.0. The normalized spacial score (nSPS) is 28.3. The zero-order chi connectivity index (χ0) is 78.9. The van der Waals surface area contributed by atoms with Crippen LogP contribution >= 0.6 is 69.3 Å². The van der Waals surface area contributed by atoms with E-state index in [1.54, 1.807) is 38.3 Å². The van der Waals surface area contributed by atoms with Gasteiger partial charge >= 0.3 is 5.97 Å². The lowest BCUT2D eigenvalue weighted by atomic mass is 9.78. The van der Waals surface area contributed by atoms with Crippen LogP contribution in [0.25, 0.3) is 6.08 Å². The van der Waals surface area contributed by atoms with Gasteiger partial charge in [-0.3, -0.25) is 58.8 Å². The summed E-state index contributed by atoms with van der Waals surface area (Å²) in [6.07, 6.45) is -2.78. The van der Waals surface area contributed by atoms with Gasteiger partial charge in [0.2, 0.25) is 29.5 Å². The van der Waals surface area contributed by atoms with Crippen LogP contribution in [-0.2, 0) is 43.8 Å². The van der Waals surface area contributed by atoms with Gasteiger partial charge in [-0.05, 0) is 85.8 Å². The van der Waals surface area contributed by atoms with Gasteiger partial charge in [-0.15, -0.1) is 57.1 Å². The van der Waals surface area contributed by atoms with Gasteiger partial charge in [0.25, 0.3) is 23.6 Å². The molecule has 9 amide bonds. The topological polar surface area (TPSA) is 516 Å². The number of amides is 9. The number of fused-ring (bicyclic) bond motifs is 7. The maximum absolute atomic E-state index is 15.3. The lowest BCUT2D eigenvalue weighted by Crippen LogP contribution is -2.61. The van der Waals surface area contributed by atoms with Crippen LogP contribution in [0.1, 0.15) is 198 Å². The number of aliphatic hydroxyl groups excluding tert-OH is 4. The van der Waals surface area contributed by atoms with Crippen molar-refractivity contribution in [1.82, 2.24) is 83.4 Å². The largest absolute Gasteiger partial charge is 0.455 e. The summed E-state index contributed by atoms with van der Waals surface area (Å²) >= 11 is 11.1. The number of carbonyl (C=O) groups excluding carboxylic acids is 10. The number of thioether (sulfide) groups is 1. The Labute approximate surface area is 644 Å². The minimum Gasteiger partial charge on any atom is -0.455 e. The molecule has 0 radical (unpaired) electrons. The van der Waals surface area contributed by atoms with Gasteiger partial charge < -0.3 is 83.9 Å². The van der Waals surface area contributed by atoms with Crippen molar-refractivity contribution in [2.45, 2.75) is 184 Å². The lowest BCUT2D eigenvalue weighted by Gasteiger charge is -2.46. The maximum Gasteiger partial charge on any atom is 0.357 e. The number of aliphatic hydroxyl groups is 5. The SMILES string of the molecule is C=C(NC(=O)c1csc(C2CC[C@]34NC(=O)[C@H](C)NC(=O)C(=C)NC(=O)[C@H](C)NC(=O)[C@H](C(C)C)N[C@@H]5C=Cc6c([C@H](C)O)cc(nc6[C@H]5O)C(=O)O[C@H](C)[C@H](NC(=S)c5csc(n5)[C@H]([C@](C)(O)[C@@H](C)O)NC(=O)[C@H]5CSC(=N5)/C(=C/C)NC(=O)[C@H]([C@@H](C)O)NC(=O)c5csc3n5)c3nc(cs3)[C@H]4N2)n1)C(N)=O. The number of hydrogen-bond acceptors (Lipinski definition) is 30. The van der Waals surface area contributed by atoms with Crippen molar-refractivity contribution in [1.29, 1.82) is 0 Å². The van der Waals surface area contributed by atoms with Gasteiger partial charge in [-0.2, -0.15) is 0 Å². The van der Waals surface area contributed by atoms with E-state index in [4.69, 9.17) is 37.6 Å². The van der Waals surface area contributed by atoms with Gasteiger partial charge in [0.15, 0.2) is 0 Å². The molecule has 17 atom stereocenters. The van der Waals surface area contributed by atoms with Crippen LogP contribution in [0.15, 0.2) is 75.0 Å². The van der Waals surface area contributed by atoms with E-state index < -0.39 is 179 Å². The van der Waals surface area contributed by atoms with Crippen molar-refractivity contribution in [2.75, 3.05) is 5.75 Å². The molecule has 18 N–H and O–H groups in total. The molecule has 1 aliphatic carbocycles. The molecule has 13 bridgehead atoms. The first kappa shape index (κ1) is 81.5. The fraction of sp³-hybridized carbons (Fsp3) is 0.456. The van der Waals surface area contributed by atoms with Crippen molar-refractivity contribution in [3.63, 3.8) is 0 Å². The van der Waals surface area contributed by atoms with E-state index in [-0.39, 0.29) is 94.6 Å². The molecule has 0 saturated carbocycles. The van der Waals surface area contributed by atoms with E-state index in [9.17, 15) is 63.9 Å². The molecule has 10 rings (SSSR count). The highest BCUT2D eigenvalue weighted by atomic mass is 32.2. The fourth-order valence-electron chi connectivity index (χ4n) is 12.2. The first-order valence-corrected chi connectivity index (χ1v) is 38.9. The van der Waals surface area contributed by atoms with Crippen LogP contribution < -0.4 is 64.2 Å². The van der Waals surface area contributed by atoms with E-state index in [2.05, 4.69) is 86.6 Å². The van der Waals surface area contributed by atoms with Gasteiger partial charge in [0.05, 0.1) is 71.0 Å². The second kappa shape index (κ2) is 33.4. The number of carbonyl (C=O) groups is 10. The average Bonchev–Trinajstić information content (AvgIpc) is 1.50. The number of piperidine rings is 1. The molecule has 5 aromatic heterocycles. The van der Waals surface area contributed by atoms with Crippen molar-refractivity contribution in [3.05, 3.63) is 135 Å². The number of esters is 1. The first-order valence-electron chi connectivity index (χ1n) is 34.0. The minimum atomic E-state index is -2.12. The Morgan fingerprint density at radius 1 is 0.787 bits per heavy atom. The lowest BCUT2D eigenvalue weighted by molar-refractivity contribution is -0.131. The number of hydrogen-bond donors (Lipinski definition) is 17. The number of aliphatic imine (C=N–C) groups is 1. The summed E-state index contributed by atoms with van der Waals surface area (Å²) in [4.78, 5) is 170. The highest BCUT2D eigenvalue weighted by Gasteiger charge is 2.52. The van der Waals surface area contributed by atoms with Crippen LogP contribution in [0.4, 0.5) is 0 Å². The van der Waals surface area contributed by atoms with E-state index in [0.717, 1.165) is 57.1 Å². The Balaban J connectivity index is 1.17. The quantitative estimate of drug-likeness (QED) is 0.0559. The van der Waals surface area contributed by atoms with E-state index in [1.807, 2.05) is 0 Å². The van der Waals surface area contributed by atoms with Crippen molar-refractivity contribution < 1.29 is 78.2 Å². The molecule has 34 nitrogen and oxygen atoms in total. The van der Waals surface area contributed by atoms with E-state index >= 15 is 9.59 Å². The molecule has 0 spiro atoms. The smallest absolute Gasteiger partial charge is 0.357 e. The average molecular weight is 1600 g/mol. The number of aromatic nitrogens is 5. The third-order valence-electron chi connectivity index (χ3n) is 18.7. The third kappa shape index (κ3) is 17.5. The molecule has 5 aromatic rings. The number of nitrogens with one attached hydrogen (secondary N) is 11. The van der Waals surface area contributed by atoms with Gasteiger partial charge in [-0.25, -0.2) is 29.7 Å². The van der Waals surface area contributed by atoms with Crippen LogP contribution in [0.3, 0.4) is 0 Å². The maximum atomic E-state index is 15.3. The number of nitrogens with two attached hydrogens (primary N) is 1. The molecule has 0 aromatic carbocycles. The number of thiocarbonyl (C=S) groups is 1. The standard InChI is InChI=1S/C68H82N18O16S6/c1-13-35-61-79-41(21-104-61)57(97)85-50(67(12,101)32(11)89)64-81-43(23-107-64)60(103)84-46-31(10)102-65(100)38-18-34(29(8)87)33-14-15-36(48(90)47(33)75-38)74-44(24(2)3)58(98)73-27(6)53(93)71-26(5)52(92)72-28(7)54(94)86-68(66-82-42(22-108-66)56(96)83-45(30(9)88)59(99)77-35)17-16-37(76-49(68)39-19-106-63(46)78-39)62-80-40(20-105-62)55(95)70-25(4)51(69)91/h13-15,18-20,22-24,27-32,36-37,41,44-46,48-50,74,76,87-90,101H,4-5,16-17,21H2,1-3,6-12H3,(H2,69,91)(H,70,95)(H,71,93)(H,72,92)(H,73,98)(H,77,99)(H,83,96)(H,84,103)(H,85,97)(H,86,94)/b35-13-/t27-,28-,29-,30+,31+,32+,36+,37?,41+,44-,45-,46-,48-,49+,50+,67+,68+/m0/s1. The molecule has 9 heterocycles. The molecule has 576 valence electrons. The highest BCUT2D eigenvalue weighted by Crippen LogP contribution is 2.48. The number of thiazole rings is 4. The summed E-state index contributed by atoms with van der Waals surface area (Å²) < 4.78 is 6.35. The van der Waals surface area contributed by atoms with Crippen LogP contribution in [-0.4, -0.2) is 186 Å². The number of cyclic esters (lactones) is 1. The van der Waals surface area contributed by atoms with Crippen LogP contribution in [0.5, 0.6) is 0 Å². The minimum absolute atomic E-state index is 0.0118. The molecule has 5 aliphatic rings. The zero-order valence-electron chi connectivity index (χ0n) is 59.8. The van der Waals surface area contributed by atoms with Crippen molar-refractivity contribution in [3.8, 4) is 0 Å². The summed E-state index contributed by atoms with van der Waals surface area (Å²) in [5, 5.41) is 95.5. The number of rotatable bonds is 9. The molecule has 1 unspecified atom stereocenters. The molecular weight excluding hydrogens is 1520 g/mol. The number of allylic oxidation sites excluding steroid dienone is 1. The monoisotopic (exact) mass is 1600 g/mol. The zero-order valence-corrected chi connectivity index (χ0v) is 64.7. The summed E-state index contributed by atoms with van der Waals surface area (Å²) in [7, 11) is 0. The summed E-state index contributed by atoms with van der Waals surface area (Å²) in [5.74, 6) is -9.52. The third-order valence-corrected chi connectivity index (χ3v) is 23.9. The number of ether oxygens (including phenoxy) is 1. The Kier molecular flexibility index (Phi) is 25.2.